The van der Waals surface area contributed by atoms with Gasteiger partial charge in [-0.3, -0.25) is 4.98 Å². The molecule has 0 spiro atoms. The Morgan fingerprint density at radius 1 is 1.20 bits per heavy atom. The van der Waals surface area contributed by atoms with Gasteiger partial charge in [0.1, 0.15) is 0 Å². The Morgan fingerprint density at radius 2 is 2.00 bits per heavy atom. The van der Waals surface area contributed by atoms with Gasteiger partial charge < -0.3 is 15.1 Å². The number of nitrogens with zero attached hydrogens (tertiary/aromatic N) is 2. The van der Waals surface area contributed by atoms with Crippen molar-refractivity contribution in [3.8, 4) is 0 Å². The second kappa shape index (κ2) is 7.22. The fourth-order valence-corrected chi connectivity index (χ4v) is 3.03. The van der Waals surface area contributed by atoms with Gasteiger partial charge in [0.25, 0.3) is 0 Å². The van der Waals surface area contributed by atoms with Crippen LogP contribution >= 0.6 is 27.5 Å². The highest BCUT2D eigenvalue weighted by atomic mass is 79.9. The van der Waals surface area contributed by atoms with Gasteiger partial charge in [-0.05, 0) is 24.6 Å². The fourth-order valence-electron chi connectivity index (χ4n) is 2.18. The Hall–Kier alpha value is -0.880. The van der Waals surface area contributed by atoms with Crippen LogP contribution in [0.5, 0.6) is 0 Å². The average molecular weight is 360 g/mol. The zero-order valence-corrected chi connectivity index (χ0v) is 13.2. The molecule has 0 atom stereocenters. The van der Waals surface area contributed by atoms with Crippen molar-refractivity contribution in [1.82, 2.24) is 4.98 Å². The van der Waals surface area contributed by atoms with Crippen LogP contribution in [0.3, 0.4) is 0 Å². The Kier molecular flexibility index (Phi) is 5.60. The maximum Gasteiger partial charge on any atom is 0.0909 e. The lowest BCUT2D eigenvalue weighted by atomic mass is 10.1. The molecule has 2 aromatic rings. The van der Waals surface area contributed by atoms with Crippen LogP contribution in [-0.2, 0) is 0 Å². The summed E-state index contributed by atoms with van der Waals surface area (Å²) in [5.41, 5.74) is 1.69. The summed E-state index contributed by atoms with van der Waals surface area (Å²) in [6.45, 7) is 1.34. The number of hydrogen-bond acceptors (Lipinski definition) is 4. The SMILES string of the molecule is OCCCN(CCO)c1ccnc2c(Cl)cc(Br)cc12. The van der Waals surface area contributed by atoms with Crippen LogP contribution in [0.25, 0.3) is 10.9 Å². The van der Waals surface area contributed by atoms with Crippen LogP contribution in [0.1, 0.15) is 6.42 Å². The minimum atomic E-state index is 0.0526. The van der Waals surface area contributed by atoms with E-state index in [0.717, 1.165) is 21.1 Å². The molecular weight excluding hydrogens is 344 g/mol. The number of aliphatic hydroxyl groups is 2. The molecule has 0 radical (unpaired) electrons. The zero-order valence-electron chi connectivity index (χ0n) is 10.9. The van der Waals surface area contributed by atoms with E-state index in [0.29, 0.717) is 24.5 Å². The predicted octanol–water partition coefficient (Wildman–Crippen LogP) is 2.83. The van der Waals surface area contributed by atoms with Crippen LogP contribution in [-0.4, -0.2) is 41.5 Å². The van der Waals surface area contributed by atoms with Crippen LogP contribution in [0.4, 0.5) is 5.69 Å². The largest absolute Gasteiger partial charge is 0.396 e. The minimum Gasteiger partial charge on any atom is -0.396 e. The minimum absolute atomic E-state index is 0.0526. The van der Waals surface area contributed by atoms with Gasteiger partial charge in [0.05, 0.1) is 17.1 Å². The summed E-state index contributed by atoms with van der Waals surface area (Å²) in [4.78, 5) is 6.34. The van der Waals surface area contributed by atoms with Gasteiger partial charge in [0.15, 0.2) is 0 Å². The molecule has 4 nitrogen and oxygen atoms in total. The van der Waals surface area contributed by atoms with E-state index in [1.54, 1.807) is 6.20 Å². The van der Waals surface area contributed by atoms with E-state index in [1.807, 2.05) is 23.1 Å². The molecular formula is C14H16BrClN2O2. The lowest BCUT2D eigenvalue weighted by molar-refractivity contribution is 0.281. The van der Waals surface area contributed by atoms with E-state index < -0.39 is 0 Å². The molecule has 0 saturated carbocycles. The van der Waals surface area contributed by atoms with E-state index in [1.165, 1.54) is 0 Å². The number of halogens is 2. The molecule has 0 fully saturated rings. The van der Waals surface area contributed by atoms with Gasteiger partial charge in [0, 0.05) is 41.4 Å². The lowest BCUT2D eigenvalue weighted by Gasteiger charge is -2.25. The Labute approximate surface area is 131 Å². The Balaban J connectivity index is 2.50. The van der Waals surface area contributed by atoms with Crippen molar-refractivity contribution in [2.24, 2.45) is 0 Å². The maximum absolute atomic E-state index is 9.22. The van der Waals surface area contributed by atoms with E-state index >= 15 is 0 Å². The average Bonchev–Trinajstić information content (AvgIpc) is 2.43. The molecule has 1 aromatic heterocycles. The molecule has 108 valence electrons. The predicted molar refractivity (Wildman–Crippen MR) is 85.5 cm³/mol. The third-order valence-corrected chi connectivity index (χ3v) is 3.78. The summed E-state index contributed by atoms with van der Waals surface area (Å²) in [6.07, 6.45) is 2.35. The number of anilines is 1. The number of fused-ring (bicyclic) bond motifs is 1. The van der Waals surface area contributed by atoms with Gasteiger partial charge in [-0.2, -0.15) is 0 Å². The molecule has 0 bridgehead atoms. The summed E-state index contributed by atoms with van der Waals surface area (Å²) in [7, 11) is 0. The summed E-state index contributed by atoms with van der Waals surface area (Å²) in [5.74, 6) is 0. The van der Waals surface area contributed by atoms with Crippen molar-refractivity contribution in [2.45, 2.75) is 6.42 Å². The second-order valence-electron chi connectivity index (χ2n) is 4.40. The van der Waals surface area contributed by atoms with Gasteiger partial charge in [-0.1, -0.05) is 27.5 Å². The van der Waals surface area contributed by atoms with Crippen LogP contribution in [0, 0.1) is 0 Å². The summed E-state index contributed by atoms with van der Waals surface area (Å²) in [5, 5.41) is 19.7. The van der Waals surface area contributed by atoms with E-state index in [2.05, 4.69) is 20.9 Å². The normalized spacial score (nSPS) is 11.0. The van der Waals surface area contributed by atoms with Gasteiger partial charge in [-0.25, -0.2) is 0 Å². The Bertz CT molecular complexity index is 595. The number of aliphatic hydroxyl groups excluding tert-OH is 2. The summed E-state index contributed by atoms with van der Waals surface area (Å²) < 4.78 is 0.885. The molecule has 0 aliphatic carbocycles. The molecule has 0 aliphatic rings. The first-order valence-electron chi connectivity index (χ1n) is 6.37. The molecule has 0 amide bonds. The highest BCUT2D eigenvalue weighted by Gasteiger charge is 2.12. The van der Waals surface area contributed by atoms with Crippen LogP contribution in [0.15, 0.2) is 28.9 Å². The molecule has 0 unspecified atom stereocenters. The van der Waals surface area contributed by atoms with E-state index in [4.69, 9.17) is 16.7 Å². The molecule has 0 saturated heterocycles. The third kappa shape index (κ3) is 3.41. The van der Waals surface area contributed by atoms with Gasteiger partial charge >= 0.3 is 0 Å². The fraction of sp³-hybridized carbons (Fsp3) is 0.357. The molecule has 2 rings (SSSR count). The first-order valence-corrected chi connectivity index (χ1v) is 7.55. The highest BCUT2D eigenvalue weighted by molar-refractivity contribution is 9.10. The van der Waals surface area contributed by atoms with Gasteiger partial charge in [-0.15, -0.1) is 0 Å². The second-order valence-corrected chi connectivity index (χ2v) is 5.72. The van der Waals surface area contributed by atoms with Crippen molar-refractivity contribution >= 4 is 44.1 Å². The van der Waals surface area contributed by atoms with E-state index in [-0.39, 0.29) is 13.2 Å². The third-order valence-electron chi connectivity index (χ3n) is 3.04. The molecule has 2 N–H and O–H groups in total. The topological polar surface area (TPSA) is 56.6 Å². The number of benzene rings is 1. The van der Waals surface area contributed by atoms with E-state index in [9.17, 15) is 5.11 Å². The van der Waals surface area contributed by atoms with Crippen molar-refractivity contribution < 1.29 is 10.2 Å². The van der Waals surface area contributed by atoms with Gasteiger partial charge in [0.2, 0.25) is 0 Å². The van der Waals surface area contributed by atoms with Crippen LogP contribution < -0.4 is 4.90 Å². The monoisotopic (exact) mass is 358 g/mol. The quantitative estimate of drug-likeness (QED) is 0.833. The number of hydrogen-bond donors (Lipinski definition) is 2. The molecule has 6 heteroatoms. The number of pyridine rings is 1. The lowest BCUT2D eigenvalue weighted by Crippen LogP contribution is -2.28. The van der Waals surface area contributed by atoms with Crippen LogP contribution in [0.2, 0.25) is 5.02 Å². The van der Waals surface area contributed by atoms with Crippen molar-refractivity contribution in [2.75, 3.05) is 31.2 Å². The van der Waals surface area contributed by atoms with Crippen molar-refractivity contribution in [3.63, 3.8) is 0 Å². The molecule has 1 aromatic carbocycles. The summed E-state index contributed by atoms with van der Waals surface area (Å²) in [6, 6.07) is 5.68. The highest BCUT2D eigenvalue weighted by Crippen LogP contribution is 2.32. The zero-order chi connectivity index (χ0) is 14.5. The maximum atomic E-state index is 9.22. The number of aromatic nitrogens is 1. The molecule has 0 aliphatic heterocycles. The first-order chi connectivity index (χ1) is 9.67. The smallest absolute Gasteiger partial charge is 0.0909 e. The molecule has 20 heavy (non-hydrogen) atoms. The van der Waals surface area contributed by atoms with Crippen molar-refractivity contribution in [1.29, 1.82) is 0 Å². The molecule has 1 heterocycles. The standard InChI is InChI=1S/C14H16BrClN2O2/c15-10-8-11-13(18(5-7-20)4-1-6-19)2-3-17-14(11)12(16)9-10/h2-3,8-9,19-20H,1,4-7H2. The number of rotatable bonds is 6. The summed E-state index contributed by atoms with van der Waals surface area (Å²) >= 11 is 9.66. The Morgan fingerprint density at radius 3 is 2.70 bits per heavy atom. The van der Waals surface area contributed by atoms with Crippen molar-refractivity contribution in [3.05, 3.63) is 33.9 Å². The first kappa shape index (κ1) is 15.5.